The van der Waals surface area contributed by atoms with Crippen molar-refractivity contribution in [2.24, 2.45) is 11.1 Å². The highest BCUT2D eigenvalue weighted by atomic mass is 32.2. The maximum absolute atomic E-state index is 11.8. The third-order valence-corrected chi connectivity index (χ3v) is 3.76. The van der Waals surface area contributed by atoms with Crippen LogP contribution in [0.5, 0.6) is 0 Å². The molecule has 0 saturated carbocycles. The van der Waals surface area contributed by atoms with E-state index in [0.29, 0.717) is 18.2 Å². The van der Waals surface area contributed by atoms with E-state index in [2.05, 4.69) is 10.6 Å². The fourth-order valence-electron chi connectivity index (χ4n) is 1.67. The minimum atomic E-state index is -3.85. The summed E-state index contributed by atoms with van der Waals surface area (Å²) in [5.74, 6) is 0.226. The van der Waals surface area contributed by atoms with Gasteiger partial charge in [-0.1, -0.05) is 13.8 Å². The maximum Gasteiger partial charge on any atom is 0.242 e. The Morgan fingerprint density at radius 3 is 2.38 bits per heavy atom. The number of primary sulfonamides is 1. The summed E-state index contributed by atoms with van der Waals surface area (Å²) in [6, 6.07) is 3.79. The van der Waals surface area contributed by atoms with Gasteiger partial charge in [-0.25, -0.2) is 13.6 Å². The number of nitrogens with one attached hydrogen (secondary N) is 2. The number of nitrogen functional groups attached to an aromatic ring is 1. The van der Waals surface area contributed by atoms with Gasteiger partial charge in [0.2, 0.25) is 15.9 Å². The average molecular weight is 314 g/mol. The molecule has 21 heavy (non-hydrogen) atoms. The number of hydrogen-bond acceptors (Lipinski definition) is 5. The van der Waals surface area contributed by atoms with Crippen LogP contribution >= 0.6 is 0 Å². The SMILES string of the molecule is CC(C)CNC(=O)C(C)Nc1ccc(S(N)(=O)=O)c(N)c1. The van der Waals surface area contributed by atoms with E-state index in [4.69, 9.17) is 10.9 Å². The molecule has 118 valence electrons. The van der Waals surface area contributed by atoms with Crippen molar-refractivity contribution in [1.82, 2.24) is 5.32 Å². The number of anilines is 2. The Labute approximate surface area is 125 Å². The number of carbonyl (C=O) groups is 1. The van der Waals surface area contributed by atoms with Crippen molar-refractivity contribution in [1.29, 1.82) is 0 Å². The summed E-state index contributed by atoms with van der Waals surface area (Å²) in [6.07, 6.45) is 0. The number of rotatable bonds is 6. The number of carbonyl (C=O) groups excluding carboxylic acids is 1. The van der Waals surface area contributed by atoms with Crippen LogP contribution in [0.4, 0.5) is 11.4 Å². The zero-order valence-electron chi connectivity index (χ0n) is 12.4. The van der Waals surface area contributed by atoms with Crippen molar-refractivity contribution in [2.45, 2.75) is 31.7 Å². The minimum absolute atomic E-state index is 0.0392. The van der Waals surface area contributed by atoms with Crippen LogP contribution in [0, 0.1) is 5.92 Å². The number of sulfonamides is 1. The standard InChI is InChI=1S/C13H22N4O3S/c1-8(2)7-16-13(18)9(3)17-10-4-5-12(11(14)6-10)21(15,19)20/h4-6,8-9,17H,7,14H2,1-3H3,(H,16,18)(H2,15,19,20). The molecular formula is C13H22N4O3S. The molecule has 1 aromatic rings. The molecule has 1 atom stereocenters. The third-order valence-electron chi connectivity index (χ3n) is 2.78. The van der Waals surface area contributed by atoms with Crippen molar-refractivity contribution in [3.63, 3.8) is 0 Å². The second kappa shape index (κ2) is 6.77. The van der Waals surface area contributed by atoms with E-state index in [9.17, 15) is 13.2 Å². The van der Waals surface area contributed by atoms with Gasteiger partial charge in [-0.15, -0.1) is 0 Å². The lowest BCUT2D eigenvalue weighted by Crippen LogP contribution is -2.39. The monoisotopic (exact) mass is 314 g/mol. The second-order valence-corrected chi connectivity index (χ2v) is 6.83. The lowest BCUT2D eigenvalue weighted by molar-refractivity contribution is -0.121. The van der Waals surface area contributed by atoms with Gasteiger partial charge in [0.1, 0.15) is 10.9 Å². The van der Waals surface area contributed by atoms with Crippen molar-refractivity contribution < 1.29 is 13.2 Å². The van der Waals surface area contributed by atoms with Crippen molar-refractivity contribution in [3.8, 4) is 0 Å². The summed E-state index contributed by atoms with van der Waals surface area (Å²) in [7, 11) is -3.85. The molecule has 0 aliphatic rings. The maximum atomic E-state index is 11.8. The first-order valence-corrected chi connectivity index (χ1v) is 8.12. The van der Waals surface area contributed by atoms with E-state index in [1.54, 1.807) is 6.92 Å². The molecule has 0 spiro atoms. The summed E-state index contributed by atoms with van der Waals surface area (Å²) in [6.45, 7) is 6.31. The van der Waals surface area contributed by atoms with Crippen molar-refractivity contribution in [2.75, 3.05) is 17.6 Å². The number of amides is 1. The van der Waals surface area contributed by atoms with Crippen LogP contribution in [0.15, 0.2) is 23.1 Å². The number of benzene rings is 1. The van der Waals surface area contributed by atoms with Crippen LogP contribution in [0.1, 0.15) is 20.8 Å². The minimum Gasteiger partial charge on any atom is -0.398 e. The summed E-state index contributed by atoms with van der Waals surface area (Å²) in [4.78, 5) is 11.7. The Morgan fingerprint density at radius 2 is 1.90 bits per heavy atom. The first-order chi connectivity index (χ1) is 9.61. The van der Waals surface area contributed by atoms with Crippen LogP contribution in [-0.4, -0.2) is 26.9 Å². The van der Waals surface area contributed by atoms with Crippen LogP contribution in [0.25, 0.3) is 0 Å². The highest BCUT2D eigenvalue weighted by molar-refractivity contribution is 7.89. The lowest BCUT2D eigenvalue weighted by Gasteiger charge is -2.17. The van der Waals surface area contributed by atoms with E-state index in [1.165, 1.54) is 18.2 Å². The van der Waals surface area contributed by atoms with Gasteiger partial charge in [-0.05, 0) is 31.0 Å². The fraction of sp³-hybridized carbons (Fsp3) is 0.462. The van der Waals surface area contributed by atoms with Crippen LogP contribution in [-0.2, 0) is 14.8 Å². The topological polar surface area (TPSA) is 127 Å². The molecule has 0 bridgehead atoms. The normalized spacial score (nSPS) is 13.0. The molecule has 0 fully saturated rings. The molecule has 1 rings (SSSR count). The molecule has 1 amide bonds. The van der Waals surface area contributed by atoms with E-state index in [1.807, 2.05) is 13.8 Å². The molecular weight excluding hydrogens is 292 g/mol. The molecule has 1 unspecified atom stereocenters. The highest BCUT2D eigenvalue weighted by Gasteiger charge is 2.15. The van der Waals surface area contributed by atoms with Crippen molar-refractivity contribution >= 4 is 27.3 Å². The molecule has 8 heteroatoms. The van der Waals surface area contributed by atoms with Gasteiger partial charge in [0.25, 0.3) is 0 Å². The Balaban J connectivity index is 2.76. The zero-order chi connectivity index (χ0) is 16.2. The van der Waals surface area contributed by atoms with Gasteiger partial charge in [0.05, 0.1) is 5.69 Å². The largest absolute Gasteiger partial charge is 0.398 e. The highest BCUT2D eigenvalue weighted by Crippen LogP contribution is 2.21. The fourth-order valence-corrected chi connectivity index (χ4v) is 2.32. The Bertz CT molecular complexity index is 614. The van der Waals surface area contributed by atoms with Gasteiger partial charge in [0, 0.05) is 12.2 Å². The van der Waals surface area contributed by atoms with Crippen LogP contribution < -0.4 is 21.5 Å². The van der Waals surface area contributed by atoms with Gasteiger partial charge < -0.3 is 16.4 Å². The second-order valence-electron chi connectivity index (χ2n) is 5.30. The molecule has 6 N–H and O–H groups in total. The Morgan fingerprint density at radius 1 is 1.29 bits per heavy atom. The molecule has 1 aromatic carbocycles. The smallest absolute Gasteiger partial charge is 0.242 e. The van der Waals surface area contributed by atoms with Gasteiger partial charge in [0.15, 0.2) is 0 Å². The third kappa shape index (κ3) is 5.24. The van der Waals surface area contributed by atoms with E-state index in [-0.39, 0.29) is 16.5 Å². The number of nitrogens with two attached hydrogens (primary N) is 2. The average Bonchev–Trinajstić information content (AvgIpc) is 2.34. The Hall–Kier alpha value is -1.80. The quantitative estimate of drug-likeness (QED) is 0.568. The van der Waals surface area contributed by atoms with E-state index >= 15 is 0 Å². The predicted molar refractivity (Wildman–Crippen MR) is 83.2 cm³/mol. The van der Waals surface area contributed by atoms with Gasteiger partial charge >= 0.3 is 0 Å². The Kier molecular flexibility index (Phi) is 5.56. The van der Waals surface area contributed by atoms with Crippen LogP contribution in [0.3, 0.4) is 0 Å². The summed E-state index contributed by atoms with van der Waals surface area (Å²) < 4.78 is 22.5. The molecule has 0 radical (unpaired) electrons. The summed E-state index contributed by atoms with van der Waals surface area (Å²) in [5.41, 5.74) is 6.25. The first-order valence-electron chi connectivity index (χ1n) is 6.58. The van der Waals surface area contributed by atoms with E-state index < -0.39 is 16.1 Å². The molecule has 0 aliphatic heterocycles. The molecule has 0 aromatic heterocycles. The summed E-state index contributed by atoms with van der Waals surface area (Å²) >= 11 is 0. The summed E-state index contributed by atoms with van der Waals surface area (Å²) in [5, 5.41) is 10.8. The van der Waals surface area contributed by atoms with Gasteiger partial charge in [-0.3, -0.25) is 4.79 Å². The van der Waals surface area contributed by atoms with Gasteiger partial charge in [-0.2, -0.15) is 0 Å². The lowest BCUT2D eigenvalue weighted by atomic mass is 10.2. The van der Waals surface area contributed by atoms with Crippen LogP contribution in [0.2, 0.25) is 0 Å². The zero-order valence-corrected chi connectivity index (χ0v) is 13.2. The number of hydrogen-bond donors (Lipinski definition) is 4. The predicted octanol–water partition coefficient (Wildman–Crippen LogP) is 0.489. The van der Waals surface area contributed by atoms with E-state index in [0.717, 1.165) is 0 Å². The van der Waals surface area contributed by atoms with Crippen molar-refractivity contribution in [3.05, 3.63) is 18.2 Å². The molecule has 7 nitrogen and oxygen atoms in total. The first kappa shape index (κ1) is 17.3. The molecule has 0 saturated heterocycles. The molecule has 0 heterocycles. The molecule has 0 aliphatic carbocycles.